The number of carboxylic acids is 1. The van der Waals surface area contributed by atoms with Gasteiger partial charge in [-0.15, -0.1) is 0 Å². The molecule has 1 aromatic heterocycles. The maximum absolute atomic E-state index is 13.9. The summed E-state index contributed by atoms with van der Waals surface area (Å²) in [5, 5.41) is 13.3. The zero-order chi connectivity index (χ0) is 26.2. The summed E-state index contributed by atoms with van der Waals surface area (Å²) in [5.41, 5.74) is 1.23. The number of ether oxygens (including phenoxy) is 1. The number of carbonyl (C=O) groups is 1. The third-order valence-electron chi connectivity index (χ3n) is 6.43. The van der Waals surface area contributed by atoms with Crippen LogP contribution in [0.2, 0.25) is 5.02 Å². The number of sulfonamides is 1. The van der Waals surface area contributed by atoms with Gasteiger partial charge in [-0.25, -0.2) is 17.7 Å². The number of nitrogens with zero attached hydrogens (tertiary/aromatic N) is 2. The molecule has 0 atom stereocenters. The van der Waals surface area contributed by atoms with Gasteiger partial charge >= 0.3 is 29.6 Å². The van der Waals surface area contributed by atoms with E-state index in [1.54, 1.807) is 24.4 Å². The molecule has 0 radical (unpaired) electrons. The molecule has 0 spiro atoms. The first-order chi connectivity index (χ1) is 17.7. The van der Waals surface area contributed by atoms with Gasteiger partial charge in [0.15, 0.2) is 0 Å². The molecular formula is C28H24ClN2NaO5S. The Kier molecular flexibility index (Phi) is 8.69. The summed E-state index contributed by atoms with van der Waals surface area (Å²) in [4.78, 5) is 15.6. The normalized spacial score (nSPS) is 13.1. The number of fused-ring (bicyclic) bond motifs is 1. The van der Waals surface area contributed by atoms with E-state index in [1.807, 2.05) is 31.2 Å². The average Bonchev–Trinajstić information content (AvgIpc) is 3.72. The van der Waals surface area contributed by atoms with Crippen molar-refractivity contribution in [2.75, 3.05) is 10.9 Å². The maximum atomic E-state index is 13.9. The van der Waals surface area contributed by atoms with E-state index in [-0.39, 0.29) is 52.4 Å². The van der Waals surface area contributed by atoms with Crippen LogP contribution in [0.1, 0.15) is 34.3 Å². The molecule has 3 aromatic carbocycles. The van der Waals surface area contributed by atoms with Gasteiger partial charge in [-0.3, -0.25) is 0 Å². The van der Waals surface area contributed by atoms with Crippen molar-refractivity contribution in [2.24, 2.45) is 5.92 Å². The first kappa shape index (κ1) is 28.4. The Hall–Kier alpha value is -2.62. The Morgan fingerprint density at radius 2 is 1.82 bits per heavy atom. The fourth-order valence-electron chi connectivity index (χ4n) is 4.13. The molecule has 7 nitrogen and oxygen atoms in total. The molecular weight excluding hydrogens is 535 g/mol. The van der Waals surface area contributed by atoms with E-state index in [2.05, 4.69) is 4.98 Å². The maximum Gasteiger partial charge on any atom is 1.00 e. The third kappa shape index (κ3) is 6.00. The summed E-state index contributed by atoms with van der Waals surface area (Å²) >= 11 is 6.48. The molecule has 0 N–H and O–H groups in total. The van der Waals surface area contributed by atoms with Crippen LogP contribution in [0.15, 0.2) is 77.8 Å². The van der Waals surface area contributed by atoms with Crippen LogP contribution >= 0.6 is 11.6 Å². The SMILES string of the molecule is Cc1c(N(Cc2ccc(OCC3CC3)c(Cl)c2)S(=O)(=O)c2ccc(C(=O)[O-])cc2)ncc2ccccc12.[Na+]. The smallest absolute Gasteiger partial charge is 0.545 e. The average molecular weight is 559 g/mol. The molecule has 0 unspecified atom stereocenters. The predicted octanol–water partition coefficient (Wildman–Crippen LogP) is 1.75. The Balaban J connectivity index is 0.00000336. The first-order valence-corrected chi connectivity index (χ1v) is 13.7. The zero-order valence-electron chi connectivity index (χ0n) is 21.1. The minimum atomic E-state index is -4.14. The number of carboxylic acid groups (broad SMARTS) is 1. The number of benzene rings is 3. The van der Waals surface area contributed by atoms with Crippen LogP contribution in [0.5, 0.6) is 5.75 Å². The van der Waals surface area contributed by atoms with Crippen LogP contribution in [0.25, 0.3) is 10.8 Å². The van der Waals surface area contributed by atoms with E-state index in [4.69, 9.17) is 16.3 Å². The predicted molar refractivity (Wildman–Crippen MR) is 140 cm³/mol. The van der Waals surface area contributed by atoms with Crippen LogP contribution in [-0.4, -0.2) is 26.0 Å². The van der Waals surface area contributed by atoms with Gasteiger partial charge in [0.2, 0.25) is 0 Å². The Morgan fingerprint density at radius 3 is 2.47 bits per heavy atom. The zero-order valence-corrected chi connectivity index (χ0v) is 24.6. The van der Waals surface area contributed by atoms with Crippen molar-refractivity contribution in [2.45, 2.75) is 31.2 Å². The number of hydrogen-bond acceptors (Lipinski definition) is 6. The second-order valence-corrected chi connectivity index (χ2v) is 11.4. The minimum absolute atomic E-state index is 0. The van der Waals surface area contributed by atoms with E-state index in [0.29, 0.717) is 34.4 Å². The summed E-state index contributed by atoms with van der Waals surface area (Å²) in [5.74, 6) is 0.0190. The van der Waals surface area contributed by atoms with E-state index in [0.717, 1.165) is 23.6 Å². The summed E-state index contributed by atoms with van der Waals surface area (Å²) in [6.07, 6.45) is 3.95. The molecule has 1 heterocycles. The molecule has 1 aliphatic rings. The largest absolute Gasteiger partial charge is 1.00 e. The number of hydrogen-bond donors (Lipinski definition) is 0. The molecule has 38 heavy (non-hydrogen) atoms. The Morgan fingerprint density at radius 1 is 1.11 bits per heavy atom. The van der Waals surface area contributed by atoms with Crippen molar-refractivity contribution < 1.29 is 52.6 Å². The number of aromatic nitrogens is 1. The quantitative estimate of drug-likeness (QED) is 0.290. The van der Waals surface area contributed by atoms with E-state index >= 15 is 0 Å². The van der Waals surface area contributed by atoms with Gasteiger partial charge in [0.25, 0.3) is 10.0 Å². The Labute approximate surface area is 248 Å². The molecule has 10 heteroatoms. The van der Waals surface area contributed by atoms with Crippen LogP contribution in [0, 0.1) is 12.8 Å². The van der Waals surface area contributed by atoms with Crippen LogP contribution < -0.4 is 43.7 Å². The fourth-order valence-corrected chi connectivity index (χ4v) is 5.86. The Bertz CT molecular complexity index is 1590. The second kappa shape index (κ2) is 11.6. The fraction of sp³-hybridized carbons (Fsp3) is 0.214. The first-order valence-electron chi connectivity index (χ1n) is 11.8. The molecule has 0 bridgehead atoms. The van der Waals surface area contributed by atoms with E-state index in [1.165, 1.54) is 28.6 Å². The van der Waals surface area contributed by atoms with Gasteiger partial charge in [0, 0.05) is 17.1 Å². The van der Waals surface area contributed by atoms with Gasteiger partial charge in [0.05, 0.1) is 29.0 Å². The number of aromatic carboxylic acids is 1. The van der Waals surface area contributed by atoms with Crippen molar-refractivity contribution in [3.05, 3.63) is 94.6 Å². The van der Waals surface area contributed by atoms with E-state index < -0.39 is 16.0 Å². The van der Waals surface area contributed by atoms with Gasteiger partial charge in [-0.2, -0.15) is 0 Å². The number of anilines is 1. The van der Waals surface area contributed by atoms with Crippen molar-refractivity contribution in [1.82, 2.24) is 4.98 Å². The van der Waals surface area contributed by atoms with Crippen LogP contribution in [0.4, 0.5) is 5.82 Å². The van der Waals surface area contributed by atoms with Gasteiger partial charge in [0.1, 0.15) is 11.6 Å². The summed E-state index contributed by atoms with van der Waals surface area (Å²) in [6, 6.07) is 17.8. The molecule has 0 amide bonds. The van der Waals surface area contributed by atoms with Gasteiger partial charge < -0.3 is 14.6 Å². The molecule has 4 aromatic rings. The van der Waals surface area contributed by atoms with Crippen molar-refractivity contribution in [3.63, 3.8) is 0 Å². The van der Waals surface area contributed by atoms with Crippen molar-refractivity contribution in [1.29, 1.82) is 0 Å². The molecule has 1 fully saturated rings. The molecule has 1 saturated carbocycles. The third-order valence-corrected chi connectivity index (χ3v) is 8.48. The van der Waals surface area contributed by atoms with Crippen molar-refractivity contribution >= 4 is 44.2 Å². The van der Waals surface area contributed by atoms with Crippen molar-refractivity contribution in [3.8, 4) is 5.75 Å². The molecule has 190 valence electrons. The standard InChI is InChI=1S/C28H25ClN2O5S.Na/c1-18-24-5-3-2-4-22(24)15-30-27(18)31(37(34,35)23-11-9-21(10-12-23)28(32)33)16-20-8-13-26(25(29)14-20)36-17-19-6-7-19;/h2-5,8-15,19H,6-7,16-17H2,1H3,(H,32,33);/q;+1/p-1. The van der Waals surface area contributed by atoms with E-state index in [9.17, 15) is 18.3 Å². The summed E-state index contributed by atoms with van der Waals surface area (Å²) in [6.45, 7) is 2.40. The molecule has 0 aliphatic heterocycles. The van der Waals surface area contributed by atoms with Gasteiger partial charge in [-0.05, 0) is 66.5 Å². The topological polar surface area (TPSA) is 99.6 Å². The summed E-state index contributed by atoms with van der Waals surface area (Å²) in [7, 11) is -4.14. The minimum Gasteiger partial charge on any atom is -0.545 e. The van der Waals surface area contributed by atoms with Gasteiger partial charge in [-0.1, -0.05) is 54.1 Å². The molecule has 0 saturated heterocycles. The number of rotatable bonds is 9. The number of aryl methyl sites for hydroxylation is 1. The van der Waals surface area contributed by atoms with Crippen LogP contribution in [-0.2, 0) is 16.6 Å². The number of pyridine rings is 1. The monoisotopic (exact) mass is 558 g/mol. The summed E-state index contributed by atoms with van der Waals surface area (Å²) < 4.78 is 34.8. The number of carbonyl (C=O) groups excluding carboxylic acids is 1. The second-order valence-electron chi connectivity index (χ2n) is 9.14. The van der Waals surface area contributed by atoms with Crippen LogP contribution in [0.3, 0.4) is 0 Å². The molecule has 5 rings (SSSR count). The number of halogens is 1. The molecule has 1 aliphatic carbocycles.